The fourth-order valence-electron chi connectivity index (χ4n) is 6.75. The Kier molecular flexibility index (Phi) is 9.84. The molecular formula is C30H42ClN5O4S. The van der Waals surface area contributed by atoms with E-state index in [1.54, 1.807) is 18.5 Å². The molecule has 2 atom stereocenters. The Morgan fingerprint density at radius 3 is 2.46 bits per heavy atom. The van der Waals surface area contributed by atoms with Crippen LogP contribution < -0.4 is 4.90 Å². The fourth-order valence-corrected chi connectivity index (χ4v) is 7.36. The number of fused-ring (bicyclic) bond motifs is 1. The molecule has 0 spiro atoms. The van der Waals surface area contributed by atoms with Gasteiger partial charge in [0.1, 0.15) is 12.1 Å². The van der Waals surface area contributed by atoms with Crippen molar-refractivity contribution >= 4 is 33.4 Å². The molecule has 0 radical (unpaired) electrons. The molecule has 1 aromatic carbocycles. The lowest BCUT2D eigenvalue weighted by molar-refractivity contribution is -0.133. The van der Waals surface area contributed by atoms with Crippen LogP contribution in [0.3, 0.4) is 0 Å². The Morgan fingerprint density at radius 2 is 1.78 bits per heavy atom. The number of nitrogens with zero attached hydrogens (tertiary/aromatic N) is 5. The molecule has 2 heterocycles. The van der Waals surface area contributed by atoms with Crippen LogP contribution in [0.2, 0.25) is 5.02 Å². The van der Waals surface area contributed by atoms with Gasteiger partial charge in [0.25, 0.3) is 10.1 Å². The van der Waals surface area contributed by atoms with Gasteiger partial charge in [0.05, 0.1) is 11.7 Å². The Balaban J connectivity index is 1.32. The molecule has 1 N–H and O–H groups in total. The number of hydrogen-bond acceptors (Lipinski definition) is 7. The van der Waals surface area contributed by atoms with Crippen molar-refractivity contribution in [3.05, 3.63) is 52.4 Å². The summed E-state index contributed by atoms with van der Waals surface area (Å²) < 4.78 is 32.8. The zero-order valence-corrected chi connectivity index (χ0v) is 25.5. The van der Waals surface area contributed by atoms with E-state index in [0.29, 0.717) is 49.6 Å². The predicted octanol–water partition coefficient (Wildman–Crippen LogP) is 4.38. The summed E-state index contributed by atoms with van der Waals surface area (Å²) in [7, 11) is -4.12. The maximum absolute atomic E-state index is 14.1. The van der Waals surface area contributed by atoms with E-state index in [1.807, 2.05) is 17.0 Å². The maximum Gasteiger partial charge on any atom is 0.266 e. The first-order valence-corrected chi connectivity index (χ1v) is 17.0. The average Bonchev–Trinajstić information content (AvgIpc) is 3.36. The first-order valence-electron chi connectivity index (χ1n) is 15.0. The topological polar surface area (TPSA) is 107 Å². The van der Waals surface area contributed by atoms with Crippen molar-refractivity contribution < 1.29 is 17.8 Å². The highest BCUT2D eigenvalue weighted by Gasteiger charge is 2.33. The lowest BCUT2D eigenvalue weighted by Crippen LogP contribution is -2.52. The SMILES string of the molecule is CC1CCc2ncnc(N3CCN(C(=O)C(CN(CCS(=O)(=O)O)CC4CCCCC4)c4ccc(Cl)cc4)CC3)c21. The highest BCUT2D eigenvalue weighted by atomic mass is 35.5. The first-order chi connectivity index (χ1) is 19.7. The molecule has 2 aromatic rings. The van der Waals surface area contributed by atoms with Crippen LogP contribution in [0.25, 0.3) is 0 Å². The third-order valence-electron chi connectivity index (χ3n) is 9.06. The normalized spacial score (nSPS) is 20.8. The second-order valence-corrected chi connectivity index (χ2v) is 14.0. The highest BCUT2D eigenvalue weighted by molar-refractivity contribution is 7.85. The second kappa shape index (κ2) is 13.4. The largest absolute Gasteiger partial charge is 0.353 e. The summed E-state index contributed by atoms with van der Waals surface area (Å²) in [6.07, 6.45) is 9.54. The minimum absolute atomic E-state index is 0.0359. The van der Waals surface area contributed by atoms with Crippen molar-refractivity contribution in [2.75, 3.05) is 56.5 Å². The van der Waals surface area contributed by atoms with E-state index in [4.69, 9.17) is 11.6 Å². The summed E-state index contributed by atoms with van der Waals surface area (Å²) in [6, 6.07) is 7.40. The van der Waals surface area contributed by atoms with Crippen molar-refractivity contribution in [3.8, 4) is 0 Å². The summed E-state index contributed by atoms with van der Waals surface area (Å²) in [6.45, 7) is 6.11. The molecule has 1 amide bonds. The van der Waals surface area contributed by atoms with Crippen molar-refractivity contribution in [1.82, 2.24) is 19.8 Å². The molecule has 1 saturated heterocycles. The fraction of sp³-hybridized carbons (Fsp3) is 0.633. The Labute approximate surface area is 249 Å². The van der Waals surface area contributed by atoms with Gasteiger partial charge in [-0.25, -0.2) is 9.97 Å². The van der Waals surface area contributed by atoms with Gasteiger partial charge >= 0.3 is 0 Å². The number of rotatable bonds is 10. The zero-order chi connectivity index (χ0) is 29.0. The molecular weight excluding hydrogens is 562 g/mol. The number of hydrogen-bond donors (Lipinski definition) is 1. The van der Waals surface area contributed by atoms with Crippen molar-refractivity contribution in [1.29, 1.82) is 0 Å². The van der Waals surface area contributed by atoms with Gasteiger partial charge in [-0.05, 0) is 55.2 Å². The quantitative estimate of drug-likeness (QED) is 0.399. The smallest absolute Gasteiger partial charge is 0.266 e. The molecule has 2 unspecified atom stereocenters. The van der Waals surface area contributed by atoms with E-state index in [1.165, 1.54) is 24.8 Å². The molecule has 1 saturated carbocycles. The average molecular weight is 604 g/mol. The van der Waals surface area contributed by atoms with Gasteiger partial charge in [-0.3, -0.25) is 9.35 Å². The predicted molar refractivity (Wildman–Crippen MR) is 161 cm³/mol. The number of aromatic nitrogens is 2. The van der Waals surface area contributed by atoms with Crippen molar-refractivity contribution in [2.24, 2.45) is 5.92 Å². The van der Waals surface area contributed by atoms with Crippen molar-refractivity contribution in [2.45, 2.75) is 63.7 Å². The van der Waals surface area contributed by atoms with Crippen LogP contribution in [0.5, 0.6) is 0 Å². The van der Waals surface area contributed by atoms with Gasteiger partial charge < -0.3 is 14.7 Å². The Morgan fingerprint density at radius 1 is 1.07 bits per heavy atom. The number of carbonyl (C=O) groups excluding carboxylic acids is 1. The lowest BCUT2D eigenvalue weighted by Gasteiger charge is -2.39. The number of halogens is 1. The molecule has 5 rings (SSSR count). The maximum atomic E-state index is 14.1. The van der Waals surface area contributed by atoms with E-state index in [9.17, 15) is 17.8 Å². The summed E-state index contributed by atoms with van der Waals surface area (Å²) in [5.74, 6) is 1.13. The molecule has 11 heteroatoms. The number of aryl methyl sites for hydroxylation is 1. The minimum Gasteiger partial charge on any atom is -0.353 e. The van der Waals surface area contributed by atoms with Crippen molar-refractivity contribution in [3.63, 3.8) is 0 Å². The third-order valence-corrected chi connectivity index (χ3v) is 10.0. The van der Waals surface area contributed by atoms with Crippen LogP contribution in [-0.2, 0) is 21.3 Å². The van der Waals surface area contributed by atoms with Gasteiger partial charge in [0.15, 0.2) is 0 Å². The summed E-state index contributed by atoms with van der Waals surface area (Å²) in [5, 5.41) is 0.602. The molecule has 41 heavy (non-hydrogen) atoms. The molecule has 1 aromatic heterocycles. The molecule has 2 aliphatic carbocycles. The number of piperazine rings is 1. The van der Waals surface area contributed by atoms with Gasteiger partial charge in [-0.15, -0.1) is 0 Å². The van der Waals surface area contributed by atoms with E-state index >= 15 is 0 Å². The van der Waals surface area contributed by atoms with E-state index in [0.717, 1.165) is 49.3 Å². The van der Waals surface area contributed by atoms with E-state index < -0.39 is 16.0 Å². The van der Waals surface area contributed by atoms with Crippen LogP contribution in [0.15, 0.2) is 30.6 Å². The van der Waals surface area contributed by atoms with E-state index in [2.05, 4.69) is 26.7 Å². The highest BCUT2D eigenvalue weighted by Crippen LogP contribution is 2.37. The van der Waals surface area contributed by atoms with Gasteiger partial charge in [-0.2, -0.15) is 8.42 Å². The first kappa shape index (κ1) is 30.2. The van der Waals surface area contributed by atoms with Crippen LogP contribution in [0, 0.1) is 5.92 Å². The van der Waals surface area contributed by atoms with Crippen LogP contribution in [0.4, 0.5) is 5.82 Å². The summed E-state index contributed by atoms with van der Waals surface area (Å²) in [5.41, 5.74) is 3.26. The summed E-state index contributed by atoms with van der Waals surface area (Å²) >= 11 is 6.19. The number of amides is 1. The molecule has 2 fully saturated rings. The van der Waals surface area contributed by atoms with Crippen LogP contribution in [-0.4, -0.2) is 90.2 Å². The molecule has 1 aliphatic heterocycles. The van der Waals surface area contributed by atoms with Gasteiger partial charge in [0.2, 0.25) is 5.91 Å². The molecule has 9 nitrogen and oxygen atoms in total. The second-order valence-electron chi connectivity index (χ2n) is 12.0. The minimum atomic E-state index is -4.12. The summed E-state index contributed by atoms with van der Waals surface area (Å²) in [4.78, 5) is 29.6. The number of anilines is 1. The van der Waals surface area contributed by atoms with Crippen LogP contribution >= 0.6 is 11.6 Å². The number of carbonyl (C=O) groups is 1. The molecule has 3 aliphatic rings. The Hall–Kier alpha value is -2.27. The van der Waals surface area contributed by atoms with Gasteiger partial charge in [-0.1, -0.05) is 49.9 Å². The van der Waals surface area contributed by atoms with Crippen LogP contribution in [0.1, 0.15) is 74.1 Å². The van der Waals surface area contributed by atoms with E-state index in [-0.39, 0.29) is 18.2 Å². The third kappa shape index (κ3) is 7.77. The lowest BCUT2D eigenvalue weighted by atomic mass is 9.88. The standard InChI is InChI=1S/C30H42ClN5O4S/c1-22-7-12-27-28(22)29(33-21-32-27)35-13-15-36(16-14-35)30(37)26(24-8-10-25(31)11-9-24)20-34(17-18-41(38,39)40)19-23-5-3-2-4-6-23/h8-11,21-23,26H,2-7,12-20H2,1H3,(H,38,39,40). The molecule has 224 valence electrons. The van der Waals surface area contributed by atoms with Gasteiger partial charge in [0, 0.05) is 62.1 Å². The molecule has 0 bridgehead atoms. The monoisotopic (exact) mass is 603 g/mol. The number of benzene rings is 1. The Bertz CT molecular complexity index is 1290. The zero-order valence-electron chi connectivity index (χ0n) is 23.9.